The first-order valence-electron chi connectivity index (χ1n) is 6.70. The van der Waals surface area contributed by atoms with Gasteiger partial charge in [-0.25, -0.2) is 9.67 Å². The van der Waals surface area contributed by atoms with Crippen LogP contribution in [-0.4, -0.2) is 45.8 Å². The normalized spacial score (nSPS) is 17.5. The van der Waals surface area contributed by atoms with E-state index in [-0.39, 0.29) is 0 Å². The predicted octanol–water partition coefficient (Wildman–Crippen LogP) is 0.873. The van der Waals surface area contributed by atoms with Crippen LogP contribution in [0.3, 0.4) is 0 Å². The van der Waals surface area contributed by atoms with Gasteiger partial charge in [-0.05, 0) is 32.9 Å². The number of hydrogen-bond acceptors (Lipinski definition) is 4. The summed E-state index contributed by atoms with van der Waals surface area (Å²) in [5.74, 6) is 1.03. The van der Waals surface area contributed by atoms with Crippen LogP contribution in [0.2, 0.25) is 0 Å². The Hall–Kier alpha value is -0.940. The molecule has 1 aliphatic heterocycles. The topological polar surface area (TPSA) is 46.0 Å². The maximum atomic E-state index is 4.25. The van der Waals surface area contributed by atoms with Crippen LogP contribution in [0, 0.1) is 0 Å². The molecule has 0 amide bonds. The fourth-order valence-electron chi connectivity index (χ4n) is 2.31. The fraction of sp³-hybridized carbons (Fsp3) is 0.833. The average Bonchev–Trinajstić information content (AvgIpc) is 2.83. The van der Waals surface area contributed by atoms with Gasteiger partial charge < -0.3 is 10.2 Å². The summed E-state index contributed by atoms with van der Waals surface area (Å²) in [6.07, 6.45) is 5.77. The van der Waals surface area contributed by atoms with Crippen LogP contribution in [0.25, 0.3) is 0 Å². The lowest BCUT2D eigenvalue weighted by Crippen LogP contribution is -2.35. The molecule has 1 fully saturated rings. The number of likely N-dealkylation sites (tertiary alicyclic amines) is 1. The molecule has 0 unspecified atom stereocenters. The van der Waals surface area contributed by atoms with E-state index in [2.05, 4.69) is 27.2 Å². The molecule has 1 N–H and O–H groups in total. The summed E-state index contributed by atoms with van der Waals surface area (Å²) in [7, 11) is 0. The molecule has 0 atom stereocenters. The average molecular weight is 237 g/mol. The third-order valence-corrected chi connectivity index (χ3v) is 3.33. The number of rotatable bonds is 6. The van der Waals surface area contributed by atoms with E-state index < -0.39 is 0 Å². The first-order valence-corrected chi connectivity index (χ1v) is 6.70. The molecule has 0 bridgehead atoms. The molecule has 0 aliphatic carbocycles. The number of piperidine rings is 1. The molecule has 96 valence electrons. The minimum absolute atomic E-state index is 0.821. The van der Waals surface area contributed by atoms with Crippen molar-refractivity contribution in [2.45, 2.75) is 39.3 Å². The quantitative estimate of drug-likeness (QED) is 0.746. The maximum Gasteiger partial charge on any atom is 0.140 e. The Balaban J connectivity index is 1.62. The summed E-state index contributed by atoms with van der Waals surface area (Å²) in [5, 5.41) is 7.60. The van der Waals surface area contributed by atoms with Gasteiger partial charge in [0.2, 0.25) is 0 Å². The number of aromatic nitrogens is 3. The van der Waals surface area contributed by atoms with E-state index in [1.807, 2.05) is 4.68 Å². The second kappa shape index (κ2) is 6.71. The molecule has 5 heteroatoms. The van der Waals surface area contributed by atoms with Crippen LogP contribution in [0.4, 0.5) is 0 Å². The van der Waals surface area contributed by atoms with E-state index in [1.165, 1.54) is 32.4 Å². The summed E-state index contributed by atoms with van der Waals surface area (Å²) in [5.41, 5.74) is 0. The first kappa shape index (κ1) is 12.5. The Kier molecular flexibility index (Phi) is 4.94. The molecule has 2 heterocycles. The monoisotopic (exact) mass is 237 g/mol. The second-order valence-electron chi connectivity index (χ2n) is 4.57. The molecule has 1 aromatic heterocycles. The molecule has 0 aromatic carbocycles. The van der Waals surface area contributed by atoms with Crippen LogP contribution in [0.15, 0.2) is 6.33 Å². The summed E-state index contributed by atoms with van der Waals surface area (Å²) in [6, 6.07) is 0. The van der Waals surface area contributed by atoms with Gasteiger partial charge in [0.25, 0.3) is 0 Å². The van der Waals surface area contributed by atoms with E-state index in [0.29, 0.717) is 0 Å². The molecule has 17 heavy (non-hydrogen) atoms. The lowest BCUT2D eigenvalue weighted by atomic mass is 10.1. The number of aryl methyl sites for hydroxylation is 1. The van der Waals surface area contributed by atoms with Gasteiger partial charge in [0.15, 0.2) is 0 Å². The second-order valence-corrected chi connectivity index (χ2v) is 4.57. The Morgan fingerprint density at radius 2 is 2.12 bits per heavy atom. The highest BCUT2D eigenvalue weighted by Crippen LogP contribution is 2.07. The van der Waals surface area contributed by atoms with Crippen molar-refractivity contribution in [1.82, 2.24) is 25.0 Å². The SMILES string of the molecule is CCn1ncnc1CNCCN1CCCCC1. The van der Waals surface area contributed by atoms with Gasteiger partial charge in [-0.2, -0.15) is 5.10 Å². The maximum absolute atomic E-state index is 4.25. The minimum atomic E-state index is 0.821. The molecule has 0 radical (unpaired) electrons. The van der Waals surface area contributed by atoms with Crippen LogP contribution < -0.4 is 5.32 Å². The molecular weight excluding hydrogens is 214 g/mol. The summed E-state index contributed by atoms with van der Waals surface area (Å²) in [4.78, 5) is 6.79. The fourth-order valence-corrected chi connectivity index (χ4v) is 2.31. The highest BCUT2D eigenvalue weighted by Gasteiger charge is 2.09. The Morgan fingerprint density at radius 1 is 1.29 bits per heavy atom. The van der Waals surface area contributed by atoms with Crippen LogP contribution in [0.1, 0.15) is 32.0 Å². The van der Waals surface area contributed by atoms with Crippen LogP contribution in [0.5, 0.6) is 0 Å². The Bertz CT molecular complexity index is 316. The highest BCUT2D eigenvalue weighted by molar-refractivity contribution is 4.83. The first-order chi connectivity index (χ1) is 8.40. The summed E-state index contributed by atoms with van der Waals surface area (Å²) < 4.78 is 1.94. The largest absolute Gasteiger partial charge is 0.309 e. The van der Waals surface area contributed by atoms with E-state index in [0.717, 1.165) is 32.0 Å². The van der Waals surface area contributed by atoms with Gasteiger partial charge in [0.05, 0.1) is 6.54 Å². The van der Waals surface area contributed by atoms with Gasteiger partial charge in [0.1, 0.15) is 12.2 Å². The number of nitrogens with one attached hydrogen (secondary N) is 1. The summed E-state index contributed by atoms with van der Waals surface area (Å²) >= 11 is 0. The van der Waals surface area contributed by atoms with Gasteiger partial charge in [-0.15, -0.1) is 0 Å². The molecule has 5 nitrogen and oxygen atoms in total. The zero-order valence-electron chi connectivity index (χ0n) is 10.7. The zero-order valence-corrected chi connectivity index (χ0v) is 10.7. The van der Waals surface area contributed by atoms with Crippen LogP contribution in [-0.2, 0) is 13.1 Å². The van der Waals surface area contributed by atoms with E-state index in [4.69, 9.17) is 0 Å². The molecule has 1 aliphatic rings. The lowest BCUT2D eigenvalue weighted by molar-refractivity contribution is 0.228. The van der Waals surface area contributed by atoms with Gasteiger partial charge >= 0.3 is 0 Å². The molecule has 0 spiro atoms. The standard InChI is InChI=1S/C12H23N5/c1-2-17-12(14-11-15-17)10-13-6-9-16-7-4-3-5-8-16/h11,13H,2-10H2,1H3. The smallest absolute Gasteiger partial charge is 0.140 e. The highest BCUT2D eigenvalue weighted by atomic mass is 15.3. The number of hydrogen-bond donors (Lipinski definition) is 1. The van der Waals surface area contributed by atoms with Crippen molar-refractivity contribution in [1.29, 1.82) is 0 Å². The van der Waals surface area contributed by atoms with E-state index >= 15 is 0 Å². The molecule has 0 saturated carbocycles. The van der Waals surface area contributed by atoms with Crippen LogP contribution >= 0.6 is 0 Å². The Labute approximate surface area is 103 Å². The van der Waals surface area contributed by atoms with Crippen molar-refractivity contribution < 1.29 is 0 Å². The lowest BCUT2D eigenvalue weighted by Gasteiger charge is -2.26. The van der Waals surface area contributed by atoms with Crippen molar-refractivity contribution in [3.63, 3.8) is 0 Å². The zero-order chi connectivity index (χ0) is 11.9. The van der Waals surface area contributed by atoms with Gasteiger partial charge in [-0.3, -0.25) is 0 Å². The van der Waals surface area contributed by atoms with Gasteiger partial charge in [-0.1, -0.05) is 6.42 Å². The minimum Gasteiger partial charge on any atom is -0.309 e. The molecule has 2 rings (SSSR count). The molecule has 1 saturated heterocycles. The van der Waals surface area contributed by atoms with Crippen molar-refractivity contribution in [3.8, 4) is 0 Å². The Morgan fingerprint density at radius 3 is 2.88 bits per heavy atom. The van der Waals surface area contributed by atoms with Crippen molar-refractivity contribution in [3.05, 3.63) is 12.2 Å². The summed E-state index contributed by atoms with van der Waals surface area (Å²) in [6.45, 7) is 8.53. The predicted molar refractivity (Wildman–Crippen MR) is 67.7 cm³/mol. The van der Waals surface area contributed by atoms with Crippen molar-refractivity contribution in [2.75, 3.05) is 26.2 Å². The van der Waals surface area contributed by atoms with E-state index in [9.17, 15) is 0 Å². The van der Waals surface area contributed by atoms with Crippen molar-refractivity contribution >= 4 is 0 Å². The number of nitrogens with zero attached hydrogens (tertiary/aromatic N) is 4. The van der Waals surface area contributed by atoms with E-state index in [1.54, 1.807) is 6.33 Å². The molecule has 1 aromatic rings. The van der Waals surface area contributed by atoms with Crippen molar-refractivity contribution in [2.24, 2.45) is 0 Å². The molecular formula is C12H23N5. The third-order valence-electron chi connectivity index (χ3n) is 3.33. The third kappa shape index (κ3) is 3.78. The van der Waals surface area contributed by atoms with Gasteiger partial charge in [0, 0.05) is 19.6 Å².